The van der Waals surface area contributed by atoms with Crippen LogP contribution in [0.15, 0.2) is 23.6 Å². The number of thioether (sulfide) groups is 1. The molecule has 0 radical (unpaired) electrons. The van der Waals surface area contributed by atoms with E-state index in [9.17, 15) is 9.90 Å². The second kappa shape index (κ2) is 4.71. The Labute approximate surface area is 103 Å². The van der Waals surface area contributed by atoms with Gasteiger partial charge in [0.2, 0.25) is 0 Å². The van der Waals surface area contributed by atoms with Crippen LogP contribution in [0.5, 0.6) is 11.5 Å². The highest BCUT2D eigenvalue weighted by atomic mass is 32.2. The van der Waals surface area contributed by atoms with Gasteiger partial charge in [0.1, 0.15) is 0 Å². The van der Waals surface area contributed by atoms with Crippen LogP contribution < -0.4 is 10.5 Å². The molecule has 3 N–H and O–H groups in total. The number of benzene rings is 1. The summed E-state index contributed by atoms with van der Waals surface area (Å²) in [7, 11) is 1.44. The lowest BCUT2D eigenvalue weighted by Gasteiger charge is -2.11. The summed E-state index contributed by atoms with van der Waals surface area (Å²) in [5.41, 5.74) is 6.47. The van der Waals surface area contributed by atoms with Gasteiger partial charge in [-0.15, -0.1) is 11.8 Å². The Morgan fingerprint density at radius 2 is 2.35 bits per heavy atom. The van der Waals surface area contributed by atoms with Gasteiger partial charge in [-0.3, -0.25) is 4.79 Å². The molecule has 0 aromatic heterocycles. The number of rotatable bonds is 3. The van der Waals surface area contributed by atoms with Crippen molar-refractivity contribution in [2.75, 3.05) is 18.6 Å². The van der Waals surface area contributed by atoms with Crippen molar-refractivity contribution >= 4 is 23.2 Å². The Balaban J connectivity index is 2.35. The Bertz CT molecular complexity index is 485. The molecule has 0 bridgehead atoms. The van der Waals surface area contributed by atoms with E-state index in [1.54, 1.807) is 11.8 Å². The number of Topliss-reactive ketones (excluding diaryl/α,β-unsaturated/α-hetero) is 1. The molecule has 1 aromatic carbocycles. The molecule has 1 atom stereocenters. The van der Waals surface area contributed by atoms with Gasteiger partial charge in [-0.2, -0.15) is 0 Å². The highest BCUT2D eigenvalue weighted by Crippen LogP contribution is 2.33. The van der Waals surface area contributed by atoms with E-state index in [0.29, 0.717) is 11.3 Å². The molecule has 0 amide bonds. The summed E-state index contributed by atoms with van der Waals surface area (Å²) in [6.07, 6.45) is 1.85. The van der Waals surface area contributed by atoms with Gasteiger partial charge in [0.25, 0.3) is 0 Å². The first-order valence-electron chi connectivity index (χ1n) is 5.12. The van der Waals surface area contributed by atoms with Crippen LogP contribution in [0.2, 0.25) is 0 Å². The first-order chi connectivity index (χ1) is 8.13. The van der Waals surface area contributed by atoms with Crippen molar-refractivity contribution in [2.24, 2.45) is 5.92 Å². The van der Waals surface area contributed by atoms with Crippen molar-refractivity contribution in [1.29, 1.82) is 0 Å². The molecule has 0 saturated heterocycles. The van der Waals surface area contributed by atoms with Crippen LogP contribution in [-0.2, 0) is 0 Å². The second-order valence-electron chi connectivity index (χ2n) is 3.74. The number of carbonyl (C=O) groups is 1. The third-order valence-corrected chi connectivity index (χ3v) is 3.54. The van der Waals surface area contributed by atoms with Crippen LogP contribution in [0.1, 0.15) is 10.4 Å². The Hall–Kier alpha value is -1.62. The van der Waals surface area contributed by atoms with E-state index in [-0.39, 0.29) is 23.2 Å². The third kappa shape index (κ3) is 2.24. The smallest absolute Gasteiger partial charge is 0.172 e. The van der Waals surface area contributed by atoms with Gasteiger partial charge in [-0.25, -0.2) is 0 Å². The maximum absolute atomic E-state index is 12.1. The molecular formula is C12H13NO3S. The number of hydrogen-bond acceptors (Lipinski definition) is 5. The van der Waals surface area contributed by atoms with E-state index in [1.165, 1.54) is 19.2 Å². The first-order valence-corrected chi connectivity index (χ1v) is 6.17. The van der Waals surface area contributed by atoms with Gasteiger partial charge in [0.15, 0.2) is 17.3 Å². The summed E-state index contributed by atoms with van der Waals surface area (Å²) in [5, 5.41) is 11.6. The van der Waals surface area contributed by atoms with Crippen LogP contribution in [0.3, 0.4) is 0 Å². The Morgan fingerprint density at radius 3 is 2.94 bits per heavy atom. The lowest BCUT2D eigenvalue weighted by Crippen LogP contribution is -2.14. The van der Waals surface area contributed by atoms with Crippen molar-refractivity contribution in [2.45, 2.75) is 0 Å². The summed E-state index contributed by atoms with van der Waals surface area (Å²) in [5.74, 6) is 0.706. The largest absolute Gasteiger partial charge is 0.504 e. The molecule has 0 aliphatic carbocycles. The molecule has 5 heteroatoms. The van der Waals surface area contributed by atoms with Crippen molar-refractivity contribution in [1.82, 2.24) is 0 Å². The van der Waals surface area contributed by atoms with Crippen molar-refractivity contribution in [3.8, 4) is 11.5 Å². The Morgan fingerprint density at radius 1 is 1.59 bits per heavy atom. The number of nitrogens with two attached hydrogens (primary N) is 1. The maximum Gasteiger partial charge on any atom is 0.172 e. The van der Waals surface area contributed by atoms with Gasteiger partial charge in [-0.1, -0.05) is 6.08 Å². The van der Waals surface area contributed by atoms with Crippen LogP contribution in [0, 0.1) is 5.92 Å². The van der Waals surface area contributed by atoms with Gasteiger partial charge in [0, 0.05) is 23.1 Å². The van der Waals surface area contributed by atoms with Gasteiger partial charge in [-0.05, 0) is 11.5 Å². The van der Waals surface area contributed by atoms with Crippen LogP contribution in [0.4, 0.5) is 5.69 Å². The van der Waals surface area contributed by atoms with Crippen LogP contribution in [0.25, 0.3) is 0 Å². The summed E-state index contributed by atoms with van der Waals surface area (Å²) < 4.78 is 4.93. The van der Waals surface area contributed by atoms with Gasteiger partial charge >= 0.3 is 0 Å². The minimum absolute atomic E-state index is 0.0679. The number of carbonyl (C=O) groups excluding carboxylic acids is 1. The van der Waals surface area contributed by atoms with Crippen LogP contribution in [-0.4, -0.2) is 23.8 Å². The standard InChI is InChI=1S/C12H13NO3S/c1-16-11-5-9(13)8(4-10(11)14)12(15)7-2-3-17-6-7/h2-5,7,14H,6,13H2,1H3. The van der Waals surface area contributed by atoms with E-state index in [0.717, 1.165) is 5.75 Å². The summed E-state index contributed by atoms with van der Waals surface area (Å²) in [6, 6.07) is 2.84. The molecule has 1 unspecified atom stereocenters. The molecule has 4 nitrogen and oxygen atoms in total. The third-order valence-electron chi connectivity index (χ3n) is 2.64. The number of ether oxygens (including phenoxy) is 1. The number of phenols is 1. The zero-order valence-electron chi connectivity index (χ0n) is 9.34. The van der Waals surface area contributed by atoms with Gasteiger partial charge < -0.3 is 15.6 Å². The monoisotopic (exact) mass is 251 g/mol. The normalized spacial score (nSPS) is 18.3. The number of ketones is 1. The fourth-order valence-corrected chi connectivity index (χ4v) is 2.57. The molecule has 0 saturated carbocycles. The second-order valence-corrected chi connectivity index (χ2v) is 4.68. The summed E-state index contributed by atoms with van der Waals surface area (Å²) in [6.45, 7) is 0. The number of nitrogen functional groups attached to an aromatic ring is 1. The minimum atomic E-state index is -0.157. The van der Waals surface area contributed by atoms with E-state index in [1.807, 2.05) is 11.5 Å². The predicted octanol–water partition coefficient (Wildman–Crippen LogP) is 2.04. The fourth-order valence-electron chi connectivity index (χ4n) is 1.69. The zero-order valence-corrected chi connectivity index (χ0v) is 10.2. The topological polar surface area (TPSA) is 72.5 Å². The average molecular weight is 251 g/mol. The average Bonchev–Trinajstić information content (AvgIpc) is 2.84. The molecule has 0 fully saturated rings. The molecule has 1 aliphatic heterocycles. The molecule has 17 heavy (non-hydrogen) atoms. The molecular weight excluding hydrogens is 238 g/mol. The molecule has 2 rings (SSSR count). The number of phenolic OH excluding ortho intramolecular Hbond substituents is 1. The lowest BCUT2D eigenvalue weighted by molar-refractivity contribution is 0.0957. The van der Waals surface area contributed by atoms with Crippen molar-refractivity contribution in [3.63, 3.8) is 0 Å². The van der Waals surface area contributed by atoms with E-state index in [2.05, 4.69) is 0 Å². The molecule has 0 spiro atoms. The Kier molecular flexibility index (Phi) is 3.28. The number of hydrogen-bond donors (Lipinski definition) is 2. The van der Waals surface area contributed by atoms with Crippen molar-refractivity contribution in [3.05, 3.63) is 29.2 Å². The number of anilines is 1. The lowest BCUT2D eigenvalue weighted by atomic mass is 9.97. The van der Waals surface area contributed by atoms with Crippen molar-refractivity contribution < 1.29 is 14.6 Å². The molecule has 1 aliphatic rings. The number of aromatic hydroxyl groups is 1. The van der Waals surface area contributed by atoms with Gasteiger partial charge in [0.05, 0.1) is 13.0 Å². The number of methoxy groups -OCH3 is 1. The minimum Gasteiger partial charge on any atom is -0.504 e. The van der Waals surface area contributed by atoms with E-state index in [4.69, 9.17) is 10.5 Å². The van der Waals surface area contributed by atoms with E-state index < -0.39 is 0 Å². The molecule has 1 heterocycles. The predicted molar refractivity (Wildman–Crippen MR) is 68.5 cm³/mol. The zero-order chi connectivity index (χ0) is 12.4. The quantitative estimate of drug-likeness (QED) is 0.488. The highest BCUT2D eigenvalue weighted by molar-refractivity contribution is 8.02. The summed E-state index contributed by atoms with van der Waals surface area (Å²) in [4.78, 5) is 12.1. The fraction of sp³-hybridized carbons (Fsp3) is 0.250. The maximum atomic E-state index is 12.1. The van der Waals surface area contributed by atoms with E-state index >= 15 is 0 Å². The SMILES string of the molecule is COc1cc(N)c(C(=O)C2C=CSC2)cc1O. The van der Waals surface area contributed by atoms with Crippen LogP contribution >= 0.6 is 11.8 Å². The molecule has 90 valence electrons. The first kappa shape index (κ1) is 11.9. The summed E-state index contributed by atoms with van der Waals surface area (Å²) >= 11 is 1.59. The number of allylic oxidation sites excluding steroid dienone is 1. The highest BCUT2D eigenvalue weighted by Gasteiger charge is 2.23. The molecule has 1 aromatic rings.